The summed E-state index contributed by atoms with van der Waals surface area (Å²) in [5.41, 5.74) is 1.04. The summed E-state index contributed by atoms with van der Waals surface area (Å²) in [6.45, 7) is 6.52. The first-order valence-corrected chi connectivity index (χ1v) is 4.56. The molecule has 1 aromatic heterocycles. The maximum absolute atomic E-state index is 4.31. The Morgan fingerprint density at radius 1 is 1.33 bits per heavy atom. The van der Waals surface area contributed by atoms with Crippen LogP contribution in [0.15, 0.2) is 17.4 Å². The molecule has 0 amide bonds. The lowest BCUT2D eigenvalue weighted by atomic mass is 9.94. The highest BCUT2D eigenvalue weighted by Gasteiger charge is 2.13. The van der Waals surface area contributed by atoms with Crippen molar-refractivity contribution in [1.82, 2.24) is 9.97 Å². The third-order valence-electron chi connectivity index (χ3n) is 2.15. The summed E-state index contributed by atoms with van der Waals surface area (Å²) in [5, 5.41) is 0. The van der Waals surface area contributed by atoms with Gasteiger partial charge in [-0.2, -0.15) is 0 Å². The van der Waals surface area contributed by atoms with E-state index in [-0.39, 0.29) is 0 Å². The molecule has 12 heavy (non-hydrogen) atoms. The third kappa shape index (κ3) is 1.97. The zero-order valence-electron chi connectivity index (χ0n) is 7.65. The van der Waals surface area contributed by atoms with Gasteiger partial charge in [0.1, 0.15) is 6.33 Å². The van der Waals surface area contributed by atoms with E-state index in [0.29, 0.717) is 11.8 Å². The van der Waals surface area contributed by atoms with Gasteiger partial charge >= 0.3 is 0 Å². The quantitative estimate of drug-likeness (QED) is 0.711. The molecule has 1 rings (SSSR count). The van der Waals surface area contributed by atoms with Gasteiger partial charge in [-0.1, -0.05) is 20.8 Å². The normalized spacial score (nSPS) is 13.4. The topological polar surface area (TPSA) is 25.8 Å². The number of rotatable bonds is 2. The lowest BCUT2D eigenvalue weighted by molar-refractivity contribution is 0.514. The molecule has 0 aliphatic heterocycles. The van der Waals surface area contributed by atoms with Gasteiger partial charge in [0.05, 0.1) is 5.69 Å². The van der Waals surface area contributed by atoms with Crippen molar-refractivity contribution in [2.24, 2.45) is 5.92 Å². The van der Waals surface area contributed by atoms with Crippen LogP contribution in [0, 0.1) is 5.92 Å². The number of hydrogen-bond acceptors (Lipinski definition) is 3. The second-order valence-electron chi connectivity index (χ2n) is 3.33. The number of hydrogen-bond donors (Lipinski definition) is 1. The van der Waals surface area contributed by atoms with Gasteiger partial charge in [-0.25, -0.2) is 9.97 Å². The van der Waals surface area contributed by atoms with Crippen LogP contribution in [-0.4, -0.2) is 9.97 Å². The molecule has 1 aromatic rings. The molecule has 66 valence electrons. The third-order valence-corrected chi connectivity index (χ3v) is 2.50. The minimum atomic E-state index is 0.445. The standard InChI is InChI=1S/C9H14N2S/c1-6(2)7(3)9-8(12)4-10-5-11-9/h4-7,12H,1-3H3. The molecule has 0 spiro atoms. The molecule has 0 radical (unpaired) electrons. The summed E-state index contributed by atoms with van der Waals surface area (Å²) in [7, 11) is 0. The maximum atomic E-state index is 4.31. The van der Waals surface area contributed by atoms with Gasteiger partial charge in [-0.15, -0.1) is 12.6 Å². The van der Waals surface area contributed by atoms with Crippen LogP contribution in [0.3, 0.4) is 0 Å². The highest BCUT2D eigenvalue weighted by atomic mass is 32.1. The number of aromatic nitrogens is 2. The Labute approximate surface area is 78.9 Å². The molecule has 2 nitrogen and oxygen atoms in total. The van der Waals surface area contributed by atoms with E-state index in [0.717, 1.165) is 10.6 Å². The Morgan fingerprint density at radius 2 is 2.00 bits per heavy atom. The van der Waals surface area contributed by atoms with Crippen molar-refractivity contribution >= 4 is 12.6 Å². The van der Waals surface area contributed by atoms with Crippen LogP contribution in [-0.2, 0) is 0 Å². The van der Waals surface area contributed by atoms with Crippen LogP contribution in [0.5, 0.6) is 0 Å². The molecule has 1 atom stereocenters. The number of thiol groups is 1. The minimum Gasteiger partial charge on any atom is -0.244 e. The van der Waals surface area contributed by atoms with Crippen molar-refractivity contribution in [3.05, 3.63) is 18.2 Å². The van der Waals surface area contributed by atoms with E-state index in [1.165, 1.54) is 0 Å². The van der Waals surface area contributed by atoms with Gasteiger partial charge in [0.15, 0.2) is 0 Å². The van der Waals surface area contributed by atoms with Crippen LogP contribution in [0.25, 0.3) is 0 Å². The first-order valence-electron chi connectivity index (χ1n) is 4.11. The van der Waals surface area contributed by atoms with E-state index >= 15 is 0 Å². The Hall–Kier alpha value is -0.570. The lowest BCUT2D eigenvalue weighted by Crippen LogP contribution is -2.05. The molecular weight excluding hydrogens is 168 g/mol. The predicted molar refractivity (Wildman–Crippen MR) is 52.5 cm³/mol. The van der Waals surface area contributed by atoms with Crippen LogP contribution in [0.1, 0.15) is 32.4 Å². The van der Waals surface area contributed by atoms with Crippen molar-refractivity contribution in [3.63, 3.8) is 0 Å². The van der Waals surface area contributed by atoms with Gasteiger partial charge in [-0.05, 0) is 5.92 Å². The molecule has 0 aromatic carbocycles. The fourth-order valence-electron chi connectivity index (χ4n) is 0.998. The zero-order chi connectivity index (χ0) is 9.14. The zero-order valence-corrected chi connectivity index (χ0v) is 8.55. The average Bonchev–Trinajstić information content (AvgIpc) is 2.04. The minimum absolute atomic E-state index is 0.445. The van der Waals surface area contributed by atoms with Crippen molar-refractivity contribution in [3.8, 4) is 0 Å². The Morgan fingerprint density at radius 3 is 2.50 bits per heavy atom. The Balaban J connectivity index is 2.94. The molecule has 1 unspecified atom stereocenters. The summed E-state index contributed by atoms with van der Waals surface area (Å²) in [6, 6.07) is 0. The van der Waals surface area contributed by atoms with E-state index in [2.05, 4.69) is 43.4 Å². The van der Waals surface area contributed by atoms with E-state index < -0.39 is 0 Å². The highest BCUT2D eigenvalue weighted by molar-refractivity contribution is 7.80. The van der Waals surface area contributed by atoms with Crippen LogP contribution >= 0.6 is 12.6 Å². The fraction of sp³-hybridized carbons (Fsp3) is 0.556. The number of nitrogens with zero attached hydrogens (tertiary/aromatic N) is 2. The Kier molecular flexibility index (Phi) is 3.09. The maximum Gasteiger partial charge on any atom is 0.115 e. The molecule has 1 heterocycles. The average molecular weight is 182 g/mol. The molecule has 0 bridgehead atoms. The largest absolute Gasteiger partial charge is 0.244 e. The van der Waals surface area contributed by atoms with E-state index in [1.54, 1.807) is 12.5 Å². The molecule has 0 aliphatic rings. The van der Waals surface area contributed by atoms with Gasteiger partial charge in [0.25, 0.3) is 0 Å². The lowest BCUT2D eigenvalue weighted by Gasteiger charge is -2.15. The van der Waals surface area contributed by atoms with E-state index in [4.69, 9.17) is 0 Å². The first kappa shape index (κ1) is 9.52. The summed E-state index contributed by atoms with van der Waals surface area (Å²) in [4.78, 5) is 9.00. The molecular formula is C9H14N2S. The first-order chi connectivity index (χ1) is 5.63. The van der Waals surface area contributed by atoms with Crippen LogP contribution in [0.4, 0.5) is 0 Å². The van der Waals surface area contributed by atoms with Crippen molar-refractivity contribution in [2.75, 3.05) is 0 Å². The van der Waals surface area contributed by atoms with Crippen LogP contribution in [0.2, 0.25) is 0 Å². The monoisotopic (exact) mass is 182 g/mol. The molecule has 0 fully saturated rings. The highest BCUT2D eigenvalue weighted by Crippen LogP contribution is 2.25. The van der Waals surface area contributed by atoms with E-state index in [9.17, 15) is 0 Å². The smallest absolute Gasteiger partial charge is 0.115 e. The van der Waals surface area contributed by atoms with Gasteiger partial charge in [0.2, 0.25) is 0 Å². The SMILES string of the molecule is CC(C)C(C)c1ncncc1S. The molecule has 0 saturated carbocycles. The molecule has 0 N–H and O–H groups in total. The molecule has 0 aliphatic carbocycles. The van der Waals surface area contributed by atoms with Crippen molar-refractivity contribution in [2.45, 2.75) is 31.6 Å². The second kappa shape index (κ2) is 3.90. The summed E-state index contributed by atoms with van der Waals surface area (Å²) < 4.78 is 0. The van der Waals surface area contributed by atoms with Gasteiger partial charge < -0.3 is 0 Å². The van der Waals surface area contributed by atoms with Gasteiger partial charge in [-0.3, -0.25) is 0 Å². The van der Waals surface area contributed by atoms with E-state index in [1.807, 2.05) is 0 Å². The molecule has 3 heteroatoms. The second-order valence-corrected chi connectivity index (χ2v) is 3.81. The summed E-state index contributed by atoms with van der Waals surface area (Å²) >= 11 is 4.31. The predicted octanol–water partition coefficient (Wildman–Crippen LogP) is 2.52. The van der Waals surface area contributed by atoms with Crippen molar-refractivity contribution < 1.29 is 0 Å². The van der Waals surface area contributed by atoms with Crippen LogP contribution < -0.4 is 0 Å². The fourth-order valence-corrected chi connectivity index (χ4v) is 1.33. The summed E-state index contributed by atoms with van der Waals surface area (Å²) in [6.07, 6.45) is 3.32. The Bertz CT molecular complexity index is 260. The van der Waals surface area contributed by atoms with Crippen molar-refractivity contribution in [1.29, 1.82) is 0 Å². The molecule has 0 saturated heterocycles. The van der Waals surface area contributed by atoms with Gasteiger partial charge in [0, 0.05) is 17.0 Å². The summed E-state index contributed by atoms with van der Waals surface area (Å²) in [5.74, 6) is 1.03.